The van der Waals surface area contributed by atoms with Crippen LogP contribution in [0.25, 0.3) is 0 Å². The Labute approximate surface area is 74.3 Å². The van der Waals surface area contributed by atoms with Crippen molar-refractivity contribution in [2.45, 2.75) is 39.1 Å². The second-order valence-electron chi connectivity index (χ2n) is 3.41. The standard InChI is InChI=1S/C8H20NO2.H2O/c1-5-7(10)9(3,4)8(11)6-2;/h7-8,10-11H,5-6H2,1-4H3;1H2/q+1;/p-1. The molecule has 0 aromatic heterocycles. The molecule has 0 aromatic rings. The Balaban J connectivity index is 0. The van der Waals surface area contributed by atoms with Gasteiger partial charge in [-0.05, 0) is 0 Å². The van der Waals surface area contributed by atoms with Crippen LogP contribution in [0.3, 0.4) is 0 Å². The van der Waals surface area contributed by atoms with Gasteiger partial charge < -0.3 is 15.7 Å². The molecule has 4 heteroatoms. The number of hydrogen-bond donors (Lipinski definition) is 2. The van der Waals surface area contributed by atoms with E-state index in [9.17, 15) is 10.2 Å². The second-order valence-corrected chi connectivity index (χ2v) is 3.41. The molecule has 0 fully saturated rings. The molecule has 0 heterocycles. The highest BCUT2D eigenvalue weighted by Gasteiger charge is 2.30. The van der Waals surface area contributed by atoms with E-state index in [2.05, 4.69) is 0 Å². The monoisotopic (exact) mass is 179 g/mol. The van der Waals surface area contributed by atoms with Crippen molar-refractivity contribution in [1.82, 2.24) is 0 Å². The van der Waals surface area contributed by atoms with Crippen LogP contribution in [0.5, 0.6) is 0 Å². The average molecular weight is 179 g/mol. The zero-order valence-corrected chi connectivity index (χ0v) is 8.36. The molecule has 2 atom stereocenters. The summed E-state index contributed by atoms with van der Waals surface area (Å²) in [6.07, 6.45) is 0.406. The molecule has 2 unspecified atom stereocenters. The van der Waals surface area contributed by atoms with E-state index in [4.69, 9.17) is 0 Å². The molecule has 0 saturated carbocycles. The Hall–Kier alpha value is -0.160. The third kappa shape index (κ3) is 3.06. The molecular formula is C8H21NO3. The lowest BCUT2D eigenvalue weighted by molar-refractivity contribution is -0.978. The van der Waals surface area contributed by atoms with Crippen LogP contribution in [0.15, 0.2) is 0 Å². The van der Waals surface area contributed by atoms with Gasteiger partial charge in [-0.25, -0.2) is 0 Å². The minimum Gasteiger partial charge on any atom is -0.870 e. The molecule has 0 spiro atoms. The zero-order chi connectivity index (χ0) is 9.07. The Bertz CT molecular complexity index is 105. The van der Waals surface area contributed by atoms with Crippen molar-refractivity contribution in [2.24, 2.45) is 0 Å². The Kier molecular flexibility index (Phi) is 6.56. The summed E-state index contributed by atoms with van der Waals surface area (Å²) in [5, 5.41) is 19.0. The molecule has 0 bridgehead atoms. The van der Waals surface area contributed by atoms with Crippen molar-refractivity contribution in [1.29, 1.82) is 0 Å². The van der Waals surface area contributed by atoms with E-state index in [1.807, 2.05) is 27.9 Å². The maximum atomic E-state index is 9.50. The number of rotatable bonds is 4. The van der Waals surface area contributed by atoms with E-state index in [0.29, 0.717) is 12.8 Å². The highest BCUT2D eigenvalue weighted by atomic mass is 16.3. The van der Waals surface area contributed by atoms with E-state index in [1.54, 1.807) is 0 Å². The van der Waals surface area contributed by atoms with Crippen LogP contribution < -0.4 is 0 Å². The SMILES string of the molecule is CCC(O)[N+](C)(C)C(O)CC.[OH-]. The van der Waals surface area contributed by atoms with Crippen LogP contribution >= 0.6 is 0 Å². The van der Waals surface area contributed by atoms with Crippen LogP contribution in [0.4, 0.5) is 0 Å². The molecule has 76 valence electrons. The first kappa shape index (κ1) is 14.4. The molecule has 0 aliphatic rings. The van der Waals surface area contributed by atoms with Crippen LogP contribution in [0, 0.1) is 0 Å². The quantitative estimate of drug-likeness (QED) is 0.483. The summed E-state index contributed by atoms with van der Waals surface area (Å²) >= 11 is 0. The number of hydrogen-bond acceptors (Lipinski definition) is 3. The molecule has 0 radical (unpaired) electrons. The molecule has 0 aromatic carbocycles. The number of aliphatic hydroxyl groups excluding tert-OH is 2. The smallest absolute Gasteiger partial charge is 0.191 e. The number of quaternary nitrogens is 1. The highest BCUT2D eigenvalue weighted by Crippen LogP contribution is 2.13. The summed E-state index contributed by atoms with van der Waals surface area (Å²) in [7, 11) is 3.67. The summed E-state index contributed by atoms with van der Waals surface area (Å²) in [5.41, 5.74) is 0. The van der Waals surface area contributed by atoms with Gasteiger partial charge in [0.05, 0.1) is 14.1 Å². The number of aliphatic hydroxyl groups is 2. The first-order chi connectivity index (χ1) is 4.96. The van der Waals surface area contributed by atoms with Crippen molar-refractivity contribution in [3.63, 3.8) is 0 Å². The van der Waals surface area contributed by atoms with Gasteiger partial charge in [-0.1, -0.05) is 13.8 Å². The van der Waals surface area contributed by atoms with Gasteiger partial charge in [0, 0.05) is 12.8 Å². The summed E-state index contributed by atoms with van der Waals surface area (Å²) < 4.78 is 0.271. The fraction of sp³-hybridized carbons (Fsp3) is 1.00. The normalized spacial score (nSPS) is 16.5. The summed E-state index contributed by atoms with van der Waals surface area (Å²) in [5.74, 6) is 0. The highest BCUT2D eigenvalue weighted by molar-refractivity contribution is 4.42. The van der Waals surface area contributed by atoms with E-state index >= 15 is 0 Å². The van der Waals surface area contributed by atoms with Crippen molar-refractivity contribution in [2.75, 3.05) is 14.1 Å². The summed E-state index contributed by atoms with van der Waals surface area (Å²) in [6, 6.07) is 0. The topological polar surface area (TPSA) is 70.5 Å². The molecule has 0 rings (SSSR count). The van der Waals surface area contributed by atoms with E-state index in [0.717, 1.165) is 0 Å². The first-order valence-corrected chi connectivity index (χ1v) is 4.16. The van der Waals surface area contributed by atoms with Gasteiger partial charge in [0.25, 0.3) is 0 Å². The molecule has 4 nitrogen and oxygen atoms in total. The molecule has 0 amide bonds. The summed E-state index contributed by atoms with van der Waals surface area (Å²) in [6.45, 7) is 3.82. The van der Waals surface area contributed by atoms with Crippen LogP contribution in [-0.4, -0.2) is 46.7 Å². The number of nitrogens with zero attached hydrogens (tertiary/aromatic N) is 1. The maximum Gasteiger partial charge on any atom is 0.191 e. The third-order valence-corrected chi connectivity index (χ3v) is 2.27. The lowest BCUT2D eigenvalue weighted by Gasteiger charge is -2.37. The lowest BCUT2D eigenvalue weighted by atomic mass is 10.2. The maximum absolute atomic E-state index is 9.50. The fourth-order valence-corrected chi connectivity index (χ4v) is 1.14. The Morgan fingerprint density at radius 1 is 1.00 bits per heavy atom. The van der Waals surface area contributed by atoms with Crippen molar-refractivity contribution >= 4 is 0 Å². The van der Waals surface area contributed by atoms with E-state index < -0.39 is 12.5 Å². The molecule has 3 N–H and O–H groups in total. The summed E-state index contributed by atoms with van der Waals surface area (Å²) in [4.78, 5) is 0. The van der Waals surface area contributed by atoms with Gasteiger partial charge in [0.15, 0.2) is 12.5 Å². The van der Waals surface area contributed by atoms with Gasteiger partial charge in [0.2, 0.25) is 0 Å². The van der Waals surface area contributed by atoms with Gasteiger partial charge in [0.1, 0.15) is 0 Å². The third-order valence-electron chi connectivity index (χ3n) is 2.27. The first-order valence-electron chi connectivity index (χ1n) is 4.16. The lowest BCUT2D eigenvalue weighted by Crippen LogP contribution is -2.55. The molecule has 0 aliphatic heterocycles. The predicted octanol–water partition coefficient (Wildman–Crippen LogP) is 0.343. The average Bonchev–Trinajstić information content (AvgIpc) is 2.01. The van der Waals surface area contributed by atoms with Crippen LogP contribution in [0.1, 0.15) is 26.7 Å². The van der Waals surface area contributed by atoms with Crippen LogP contribution in [-0.2, 0) is 0 Å². The van der Waals surface area contributed by atoms with Gasteiger partial charge >= 0.3 is 0 Å². The minimum atomic E-state index is -0.468. The fourth-order valence-electron chi connectivity index (χ4n) is 1.14. The minimum absolute atomic E-state index is 0. The molecule has 0 saturated heterocycles. The predicted molar refractivity (Wildman–Crippen MR) is 46.6 cm³/mol. The zero-order valence-electron chi connectivity index (χ0n) is 8.36. The molecule has 12 heavy (non-hydrogen) atoms. The van der Waals surface area contributed by atoms with E-state index in [-0.39, 0.29) is 9.96 Å². The van der Waals surface area contributed by atoms with Crippen molar-refractivity contribution < 1.29 is 20.2 Å². The van der Waals surface area contributed by atoms with Gasteiger partial charge in [-0.15, -0.1) is 0 Å². The van der Waals surface area contributed by atoms with Crippen LogP contribution in [0.2, 0.25) is 0 Å². The molecule has 0 aliphatic carbocycles. The van der Waals surface area contributed by atoms with Gasteiger partial charge in [-0.3, -0.25) is 4.48 Å². The van der Waals surface area contributed by atoms with Crippen molar-refractivity contribution in [3.05, 3.63) is 0 Å². The second kappa shape index (κ2) is 5.48. The molecular weight excluding hydrogens is 158 g/mol. The van der Waals surface area contributed by atoms with Gasteiger partial charge in [-0.2, -0.15) is 0 Å². The Morgan fingerprint density at radius 2 is 1.25 bits per heavy atom. The van der Waals surface area contributed by atoms with Crippen molar-refractivity contribution in [3.8, 4) is 0 Å². The Morgan fingerprint density at radius 3 is 1.42 bits per heavy atom. The largest absolute Gasteiger partial charge is 0.870 e. The van der Waals surface area contributed by atoms with E-state index in [1.165, 1.54) is 0 Å².